The number of carbonyl (C=O) groups is 1. The Bertz CT molecular complexity index is 817. The van der Waals surface area contributed by atoms with E-state index in [0.717, 1.165) is 54.3 Å². The third kappa shape index (κ3) is 2.71. The number of amides is 2. The Hall–Kier alpha value is -2.15. The van der Waals surface area contributed by atoms with Crippen LogP contribution in [-0.4, -0.2) is 68.0 Å². The lowest BCUT2D eigenvalue weighted by atomic mass is 9.81. The fourth-order valence-electron chi connectivity index (χ4n) is 5.16. The molecule has 0 N–H and O–H groups in total. The third-order valence-corrected chi connectivity index (χ3v) is 6.54. The topological polar surface area (TPSA) is 45.3 Å². The minimum atomic E-state index is -0.269. The number of likely N-dealkylation sites (N-methyl/N-ethyl adjacent to an activating group) is 1. The molecule has 4 rings (SSSR count). The molecule has 6 nitrogen and oxygen atoms in total. The van der Waals surface area contributed by atoms with Gasteiger partial charge in [-0.05, 0) is 44.5 Å². The molecule has 148 valence electrons. The molecule has 7 heteroatoms. The van der Waals surface area contributed by atoms with Gasteiger partial charge in [0, 0.05) is 29.8 Å². The predicted molar refractivity (Wildman–Crippen MR) is 109 cm³/mol. The van der Waals surface area contributed by atoms with Crippen molar-refractivity contribution < 1.29 is 14.3 Å². The van der Waals surface area contributed by atoms with Crippen LogP contribution in [0.25, 0.3) is 0 Å². The average Bonchev–Trinajstić information content (AvgIpc) is 2.81. The molecule has 2 saturated heterocycles. The lowest BCUT2D eigenvalue weighted by Gasteiger charge is -2.43. The number of urea groups is 1. The van der Waals surface area contributed by atoms with Crippen LogP contribution in [0.3, 0.4) is 0 Å². The quantitative estimate of drug-likeness (QED) is 0.756. The number of ether oxygens (including phenoxy) is 2. The van der Waals surface area contributed by atoms with E-state index in [2.05, 4.69) is 19.9 Å². The number of nitrogens with zero attached hydrogens (tertiary/aromatic N) is 3. The van der Waals surface area contributed by atoms with E-state index in [1.807, 2.05) is 26.7 Å². The van der Waals surface area contributed by atoms with Crippen LogP contribution in [0, 0.1) is 0 Å². The molecule has 0 aromatic heterocycles. The maximum atomic E-state index is 13.4. The van der Waals surface area contributed by atoms with Crippen LogP contribution in [-0.2, 0) is 6.54 Å². The highest BCUT2D eigenvalue weighted by Crippen LogP contribution is 2.48. The number of methoxy groups -OCH3 is 2. The minimum Gasteiger partial charge on any atom is -0.497 e. The van der Waals surface area contributed by atoms with Crippen molar-refractivity contribution in [2.24, 2.45) is 0 Å². The van der Waals surface area contributed by atoms with Gasteiger partial charge in [-0.1, -0.05) is 13.0 Å². The number of benzene rings is 1. The molecule has 3 aliphatic heterocycles. The van der Waals surface area contributed by atoms with Crippen LogP contribution in [0.1, 0.15) is 43.7 Å². The molecular weight excluding hydrogens is 353 g/mol. The number of piperidine rings is 1. The van der Waals surface area contributed by atoms with Crippen LogP contribution in [0.4, 0.5) is 4.79 Å². The fraction of sp³-hybridized carbons (Fsp3) is 0.571. The van der Waals surface area contributed by atoms with Gasteiger partial charge in [0.2, 0.25) is 0 Å². The monoisotopic (exact) mass is 381 g/mol. The number of hydrogen-bond donors (Lipinski definition) is 0. The van der Waals surface area contributed by atoms with E-state index >= 15 is 0 Å². The molecule has 2 fully saturated rings. The van der Waals surface area contributed by atoms with Gasteiger partial charge >= 0.3 is 6.03 Å². The van der Waals surface area contributed by atoms with E-state index in [4.69, 9.17) is 17.5 Å². The molecule has 3 aliphatic rings. The van der Waals surface area contributed by atoms with Gasteiger partial charge in [-0.15, -0.1) is 0 Å². The first-order valence-corrected chi connectivity index (χ1v) is 10.0. The zero-order chi connectivity index (χ0) is 20.1. The van der Waals surface area contributed by atoms with E-state index in [1.54, 1.807) is 14.2 Å². The molecule has 2 amide bonds. The van der Waals surface area contributed by atoms with Crippen LogP contribution >= 0.6 is 0 Å². The van der Waals surface area contributed by atoms with Gasteiger partial charge in [0.1, 0.15) is 11.5 Å². The summed E-state index contributed by atoms with van der Waals surface area (Å²) in [6.45, 7) is 7.03. The van der Waals surface area contributed by atoms with E-state index in [1.165, 1.54) is 0 Å². The minimum absolute atomic E-state index is 0.0843. The SMILES string of the molecule is [B]N1CCC2(CC1)C1=CC(C)c3c(cc(OC)cc3OC)CN1C(=O)N2CC. The van der Waals surface area contributed by atoms with E-state index in [0.29, 0.717) is 13.1 Å². The standard InChI is InChI=1S/C21H28BN3O3/c1-5-25-20(26)24-13-15-11-16(27-3)12-17(28-4)19(15)14(2)10-18(24)21(25)6-8-23(22)9-7-21/h10-12,14H,5-9,13H2,1-4H3. The van der Waals surface area contributed by atoms with Gasteiger partial charge in [-0.2, -0.15) is 0 Å². The number of hydrogen-bond acceptors (Lipinski definition) is 4. The Kier molecular flexibility index (Phi) is 4.82. The van der Waals surface area contributed by atoms with E-state index in [9.17, 15) is 4.79 Å². The van der Waals surface area contributed by atoms with Crippen molar-refractivity contribution in [3.8, 4) is 11.5 Å². The summed E-state index contributed by atoms with van der Waals surface area (Å²) in [5.41, 5.74) is 3.06. The number of allylic oxidation sites excluding steroid dienone is 1. The molecule has 1 aromatic rings. The van der Waals surface area contributed by atoms with Crippen molar-refractivity contribution in [1.82, 2.24) is 14.6 Å². The first-order chi connectivity index (χ1) is 13.4. The zero-order valence-electron chi connectivity index (χ0n) is 17.2. The highest BCUT2D eigenvalue weighted by Gasteiger charge is 2.54. The van der Waals surface area contributed by atoms with Gasteiger partial charge in [0.05, 0.1) is 26.3 Å². The zero-order valence-corrected chi connectivity index (χ0v) is 17.2. The van der Waals surface area contributed by atoms with Crippen LogP contribution in [0.5, 0.6) is 11.5 Å². The van der Waals surface area contributed by atoms with Crippen LogP contribution in [0.15, 0.2) is 23.9 Å². The average molecular weight is 381 g/mol. The highest BCUT2D eigenvalue weighted by atomic mass is 16.5. The molecule has 1 spiro atoms. The molecule has 0 saturated carbocycles. The second-order valence-corrected chi connectivity index (χ2v) is 7.92. The molecule has 0 aliphatic carbocycles. The molecule has 1 aromatic carbocycles. The second kappa shape index (κ2) is 7.03. The molecule has 1 unspecified atom stereocenters. The Morgan fingerprint density at radius 2 is 1.93 bits per heavy atom. The summed E-state index contributed by atoms with van der Waals surface area (Å²) < 4.78 is 11.1. The van der Waals surface area contributed by atoms with Crippen molar-refractivity contribution >= 4 is 14.0 Å². The molecular formula is C21H28BN3O3. The van der Waals surface area contributed by atoms with Gasteiger partial charge in [-0.3, -0.25) is 4.90 Å². The van der Waals surface area contributed by atoms with Gasteiger partial charge in [0.25, 0.3) is 0 Å². The summed E-state index contributed by atoms with van der Waals surface area (Å²) in [4.78, 5) is 19.3. The van der Waals surface area contributed by atoms with E-state index < -0.39 is 0 Å². The highest BCUT2D eigenvalue weighted by molar-refractivity contribution is 6.04. The second-order valence-electron chi connectivity index (χ2n) is 7.92. The van der Waals surface area contributed by atoms with Crippen molar-refractivity contribution in [2.45, 2.75) is 44.7 Å². The van der Waals surface area contributed by atoms with Crippen molar-refractivity contribution in [1.29, 1.82) is 0 Å². The number of rotatable bonds is 3. The van der Waals surface area contributed by atoms with Crippen molar-refractivity contribution in [3.05, 3.63) is 35.0 Å². The molecule has 2 radical (unpaired) electrons. The normalized spacial score (nSPS) is 23.9. The van der Waals surface area contributed by atoms with Crippen LogP contribution < -0.4 is 9.47 Å². The maximum Gasteiger partial charge on any atom is 0.325 e. The van der Waals surface area contributed by atoms with Crippen molar-refractivity contribution in [3.63, 3.8) is 0 Å². The predicted octanol–water partition coefficient (Wildman–Crippen LogP) is 2.88. The molecule has 0 bridgehead atoms. The summed E-state index contributed by atoms with van der Waals surface area (Å²) in [5, 5.41) is 0. The third-order valence-electron chi connectivity index (χ3n) is 6.54. The summed E-state index contributed by atoms with van der Waals surface area (Å²) in [6.07, 6.45) is 3.98. The maximum absolute atomic E-state index is 13.4. The first-order valence-electron chi connectivity index (χ1n) is 10.0. The fourth-order valence-corrected chi connectivity index (χ4v) is 5.16. The summed E-state index contributed by atoms with van der Waals surface area (Å²) in [6, 6.07) is 4.04. The largest absolute Gasteiger partial charge is 0.497 e. The first kappa shape index (κ1) is 19.2. The summed E-state index contributed by atoms with van der Waals surface area (Å²) in [7, 11) is 9.38. The lowest BCUT2D eigenvalue weighted by molar-refractivity contribution is 0.122. The van der Waals surface area contributed by atoms with Crippen molar-refractivity contribution in [2.75, 3.05) is 33.9 Å². The van der Waals surface area contributed by atoms with Crippen LogP contribution in [0.2, 0.25) is 0 Å². The number of fused-ring (bicyclic) bond motifs is 3. The summed E-state index contributed by atoms with van der Waals surface area (Å²) in [5.74, 6) is 1.69. The van der Waals surface area contributed by atoms with Gasteiger partial charge in [0.15, 0.2) is 7.98 Å². The lowest BCUT2D eigenvalue weighted by Crippen LogP contribution is -2.53. The summed E-state index contributed by atoms with van der Waals surface area (Å²) >= 11 is 0. The Labute approximate surface area is 168 Å². The Balaban J connectivity index is 1.84. The molecule has 28 heavy (non-hydrogen) atoms. The smallest absolute Gasteiger partial charge is 0.325 e. The van der Waals surface area contributed by atoms with Gasteiger partial charge < -0.3 is 19.2 Å². The van der Waals surface area contributed by atoms with E-state index in [-0.39, 0.29) is 17.5 Å². The molecule has 1 atom stereocenters. The van der Waals surface area contributed by atoms with Gasteiger partial charge in [-0.25, -0.2) is 4.79 Å². The Morgan fingerprint density at radius 1 is 1.21 bits per heavy atom. The molecule has 3 heterocycles. The number of carbonyl (C=O) groups excluding carboxylic acids is 1. The Morgan fingerprint density at radius 3 is 2.54 bits per heavy atom.